The lowest BCUT2D eigenvalue weighted by molar-refractivity contribution is -0.151. The minimum Gasteiger partial charge on any atom is -0.463 e. The molecule has 0 bridgehead atoms. The highest BCUT2D eigenvalue weighted by molar-refractivity contribution is 7.89. The number of benzene rings is 1. The zero-order valence-electron chi connectivity index (χ0n) is 14.5. The van der Waals surface area contributed by atoms with Gasteiger partial charge in [-0.1, -0.05) is 0 Å². The second-order valence-electron chi connectivity index (χ2n) is 6.22. The van der Waals surface area contributed by atoms with Crippen LogP contribution in [0, 0.1) is 11.7 Å². The van der Waals surface area contributed by atoms with Crippen LogP contribution in [0.4, 0.5) is 4.39 Å². The molecule has 1 aromatic carbocycles. The number of ether oxygens (including phenoxy) is 2. The van der Waals surface area contributed by atoms with E-state index < -0.39 is 15.8 Å². The summed E-state index contributed by atoms with van der Waals surface area (Å²) in [6.45, 7) is 4.83. The monoisotopic (exact) mass is 373 g/mol. The molecule has 1 heterocycles. The van der Waals surface area contributed by atoms with Crippen molar-refractivity contribution in [3.63, 3.8) is 0 Å². The van der Waals surface area contributed by atoms with Crippen LogP contribution in [0.3, 0.4) is 0 Å². The van der Waals surface area contributed by atoms with E-state index in [0.29, 0.717) is 19.4 Å². The number of piperidine rings is 1. The largest absolute Gasteiger partial charge is 0.463 e. The summed E-state index contributed by atoms with van der Waals surface area (Å²) >= 11 is 0. The van der Waals surface area contributed by atoms with Gasteiger partial charge in [-0.25, -0.2) is 12.8 Å². The number of nitrogens with zero attached hydrogens (tertiary/aromatic N) is 1. The third-order valence-corrected chi connectivity index (χ3v) is 5.93. The van der Waals surface area contributed by atoms with E-state index in [1.165, 1.54) is 16.4 Å². The van der Waals surface area contributed by atoms with Gasteiger partial charge in [-0.15, -0.1) is 0 Å². The van der Waals surface area contributed by atoms with Crippen LogP contribution in [0.2, 0.25) is 0 Å². The Morgan fingerprint density at radius 2 is 1.80 bits per heavy atom. The molecular formula is C17H24FNO5S. The summed E-state index contributed by atoms with van der Waals surface area (Å²) in [5, 5.41) is 0. The van der Waals surface area contributed by atoms with Gasteiger partial charge in [0.05, 0.1) is 23.5 Å². The third-order valence-electron chi connectivity index (χ3n) is 4.02. The maximum atomic E-state index is 13.0. The second kappa shape index (κ2) is 8.73. The fourth-order valence-corrected chi connectivity index (χ4v) is 4.10. The SMILES string of the molecule is CC(C)OCCOC(=O)C1CCN(S(=O)(=O)c2ccc(F)cc2)CC1. The van der Waals surface area contributed by atoms with E-state index in [4.69, 9.17) is 9.47 Å². The Morgan fingerprint density at radius 3 is 2.36 bits per heavy atom. The van der Waals surface area contributed by atoms with E-state index in [9.17, 15) is 17.6 Å². The Bertz CT molecular complexity index is 667. The average molecular weight is 373 g/mol. The lowest BCUT2D eigenvalue weighted by atomic mass is 9.98. The first kappa shape index (κ1) is 19.8. The molecule has 0 atom stereocenters. The molecule has 1 saturated heterocycles. The molecule has 140 valence electrons. The maximum Gasteiger partial charge on any atom is 0.309 e. The van der Waals surface area contributed by atoms with Gasteiger partial charge in [-0.3, -0.25) is 4.79 Å². The molecule has 1 aliphatic rings. The average Bonchev–Trinajstić information content (AvgIpc) is 2.59. The number of rotatable bonds is 7. The number of halogens is 1. The summed E-state index contributed by atoms with van der Waals surface area (Å²) in [6, 6.07) is 4.74. The molecule has 6 nitrogen and oxygen atoms in total. The molecule has 1 aromatic rings. The molecule has 1 aliphatic heterocycles. The minimum atomic E-state index is -3.66. The van der Waals surface area contributed by atoms with Crippen molar-refractivity contribution in [3.8, 4) is 0 Å². The number of sulfonamides is 1. The Morgan fingerprint density at radius 1 is 1.20 bits per heavy atom. The van der Waals surface area contributed by atoms with E-state index in [1.807, 2.05) is 13.8 Å². The van der Waals surface area contributed by atoms with Gasteiger partial charge in [0, 0.05) is 13.1 Å². The summed E-state index contributed by atoms with van der Waals surface area (Å²) in [5.74, 6) is -1.10. The Kier molecular flexibility index (Phi) is 6.92. The van der Waals surface area contributed by atoms with Gasteiger partial charge < -0.3 is 9.47 Å². The first-order valence-electron chi connectivity index (χ1n) is 8.34. The molecule has 25 heavy (non-hydrogen) atoms. The molecule has 8 heteroatoms. The first-order valence-corrected chi connectivity index (χ1v) is 9.78. The molecule has 1 fully saturated rings. The van der Waals surface area contributed by atoms with E-state index in [2.05, 4.69) is 0 Å². The van der Waals surface area contributed by atoms with Crippen LogP contribution in [0.1, 0.15) is 26.7 Å². The first-order chi connectivity index (χ1) is 11.8. The van der Waals surface area contributed by atoms with Crippen LogP contribution in [0.25, 0.3) is 0 Å². The van der Waals surface area contributed by atoms with Gasteiger partial charge in [-0.2, -0.15) is 4.31 Å². The van der Waals surface area contributed by atoms with Gasteiger partial charge >= 0.3 is 5.97 Å². The summed E-state index contributed by atoms with van der Waals surface area (Å²) in [7, 11) is -3.66. The fourth-order valence-electron chi connectivity index (χ4n) is 2.63. The molecule has 0 aliphatic carbocycles. The fraction of sp³-hybridized carbons (Fsp3) is 0.588. The minimum absolute atomic E-state index is 0.0563. The smallest absolute Gasteiger partial charge is 0.309 e. The van der Waals surface area contributed by atoms with Gasteiger partial charge in [-0.05, 0) is 51.0 Å². The van der Waals surface area contributed by atoms with Crippen LogP contribution >= 0.6 is 0 Å². The van der Waals surface area contributed by atoms with Crippen molar-refractivity contribution in [2.24, 2.45) is 5.92 Å². The summed E-state index contributed by atoms with van der Waals surface area (Å²) in [6.07, 6.45) is 0.896. The lowest BCUT2D eigenvalue weighted by Crippen LogP contribution is -2.40. The van der Waals surface area contributed by atoms with Crippen LogP contribution in [-0.4, -0.2) is 51.1 Å². The highest BCUT2D eigenvalue weighted by Crippen LogP contribution is 2.24. The quantitative estimate of drug-likeness (QED) is 0.541. The molecule has 0 spiro atoms. The van der Waals surface area contributed by atoms with Crippen LogP contribution in [-0.2, 0) is 24.3 Å². The van der Waals surface area contributed by atoms with Crippen LogP contribution in [0.15, 0.2) is 29.2 Å². The highest BCUT2D eigenvalue weighted by Gasteiger charge is 2.32. The predicted octanol–water partition coefficient (Wildman–Crippen LogP) is 2.19. The van der Waals surface area contributed by atoms with Crippen molar-refractivity contribution in [1.82, 2.24) is 4.31 Å². The Balaban J connectivity index is 1.84. The van der Waals surface area contributed by atoms with Gasteiger partial charge in [0.2, 0.25) is 10.0 Å². The topological polar surface area (TPSA) is 72.9 Å². The summed E-state index contributed by atoms with van der Waals surface area (Å²) in [5.41, 5.74) is 0. The van der Waals surface area contributed by atoms with Crippen molar-refractivity contribution in [1.29, 1.82) is 0 Å². The standard InChI is InChI=1S/C17H24FNO5S/c1-13(2)23-11-12-24-17(20)14-7-9-19(10-8-14)25(21,22)16-5-3-15(18)4-6-16/h3-6,13-14H,7-12H2,1-2H3. The molecule has 2 rings (SSSR count). The number of carbonyl (C=O) groups is 1. The van der Waals surface area contributed by atoms with E-state index in [0.717, 1.165) is 12.1 Å². The number of hydrogen-bond acceptors (Lipinski definition) is 5. The van der Waals surface area contributed by atoms with Crippen molar-refractivity contribution in [2.75, 3.05) is 26.3 Å². The molecule has 0 radical (unpaired) electrons. The van der Waals surface area contributed by atoms with Gasteiger partial charge in [0.15, 0.2) is 0 Å². The zero-order chi connectivity index (χ0) is 18.4. The van der Waals surface area contributed by atoms with E-state index in [1.54, 1.807) is 0 Å². The number of esters is 1. The van der Waals surface area contributed by atoms with Crippen molar-refractivity contribution in [3.05, 3.63) is 30.1 Å². The lowest BCUT2D eigenvalue weighted by Gasteiger charge is -2.30. The predicted molar refractivity (Wildman–Crippen MR) is 89.9 cm³/mol. The summed E-state index contributed by atoms with van der Waals surface area (Å²) < 4.78 is 49.8. The van der Waals surface area contributed by atoms with E-state index in [-0.39, 0.29) is 42.6 Å². The van der Waals surface area contributed by atoms with E-state index >= 15 is 0 Å². The molecule has 0 N–H and O–H groups in total. The maximum absolute atomic E-state index is 13.0. The zero-order valence-corrected chi connectivity index (χ0v) is 15.3. The van der Waals surface area contributed by atoms with Crippen LogP contribution < -0.4 is 0 Å². The molecule has 0 aromatic heterocycles. The molecule has 0 amide bonds. The third kappa shape index (κ3) is 5.49. The summed E-state index contributed by atoms with van der Waals surface area (Å²) in [4.78, 5) is 12.1. The number of carbonyl (C=O) groups excluding carboxylic acids is 1. The van der Waals surface area contributed by atoms with Crippen molar-refractivity contribution in [2.45, 2.75) is 37.7 Å². The molecular weight excluding hydrogens is 349 g/mol. The number of hydrogen-bond donors (Lipinski definition) is 0. The highest BCUT2D eigenvalue weighted by atomic mass is 32.2. The second-order valence-corrected chi connectivity index (χ2v) is 8.16. The molecule has 0 unspecified atom stereocenters. The van der Waals surface area contributed by atoms with Gasteiger partial charge in [0.25, 0.3) is 0 Å². The van der Waals surface area contributed by atoms with Crippen molar-refractivity contribution >= 4 is 16.0 Å². The Hall–Kier alpha value is -1.51. The molecule has 0 saturated carbocycles. The normalized spacial score (nSPS) is 17.0. The van der Waals surface area contributed by atoms with Crippen LogP contribution in [0.5, 0.6) is 0 Å². The van der Waals surface area contributed by atoms with Gasteiger partial charge in [0.1, 0.15) is 12.4 Å². The Labute approximate surface area is 148 Å². The van der Waals surface area contributed by atoms with Crippen molar-refractivity contribution < 1.29 is 27.1 Å².